The fraction of sp³-hybridized carbons (Fsp3) is 0.350. The Balaban J connectivity index is 1.80. The van der Waals surface area contributed by atoms with Crippen LogP contribution in [0.4, 0.5) is 5.69 Å². The van der Waals surface area contributed by atoms with Crippen LogP contribution in [-0.2, 0) is 4.79 Å². The lowest BCUT2D eigenvalue weighted by molar-refractivity contribution is -0.132. The summed E-state index contributed by atoms with van der Waals surface area (Å²) < 4.78 is 0. The number of hydrogen-bond acceptors (Lipinski definition) is 3. The lowest BCUT2D eigenvalue weighted by atomic mass is 10.0. The maximum absolute atomic E-state index is 12.5. The van der Waals surface area contributed by atoms with Crippen molar-refractivity contribution in [2.24, 2.45) is 0 Å². The molecule has 0 bridgehead atoms. The summed E-state index contributed by atoms with van der Waals surface area (Å²) in [6.45, 7) is 2.03. The predicted octanol–water partition coefficient (Wildman–Crippen LogP) is 3.21. The average molecular weight is 324 g/mol. The number of aliphatic hydroxyl groups is 1. The molecule has 3 atom stereocenters. The van der Waals surface area contributed by atoms with Crippen molar-refractivity contribution in [3.05, 3.63) is 66.2 Å². The quantitative estimate of drug-likeness (QED) is 0.858. The first-order chi connectivity index (χ1) is 11.7. The first-order valence-corrected chi connectivity index (χ1v) is 8.49. The minimum atomic E-state index is -0.286. The monoisotopic (exact) mass is 324 g/mol. The van der Waals surface area contributed by atoms with Crippen LogP contribution in [0.3, 0.4) is 0 Å². The smallest absolute Gasteiger partial charge is 0.223 e. The van der Waals surface area contributed by atoms with E-state index >= 15 is 0 Å². The van der Waals surface area contributed by atoms with Crippen LogP contribution in [0.5, 0.6) is 0 Å². The normalized spacial score (nSPS) is 20.0. The third-order valence-electron chi connectivity index (χ3n) is 4.74. The summed E-state index contributed by atoms with van der Waals surface area (Å²) in [4.78, 5) is 14.4. The van der Waals surface area contributed by atoms with Crippen LogP contribution in [0.1, 0.15) is 31.4 Å². The molecule has 1 heterocycles. The zero-order valence-corrected chi connectivity index (χ0v) is 13.9. The lowest BCUT2D eigenvalue weighted by Gasteiger charge is -2.36. The van der Waals surface area contributed by atoms with Crippen molar-refractivity contribution < 1.29 is 9.90 Å². The maximum atomic E-state index is 12.5. The van der Waals surface area contributed by atoms with Crippen LogP contribution in [0, 0.1) is 0 Å². The second kappa shape index (κ2) is 7.49. The zero-order chi connectivity index (χ0) is 16.9. The van der Waals surface area contributed by atoms with Crippen LogP contribution in [0.15, 0.2) is 60.7 Å². The van der Waals surface area contributed by atoms with Gasteiger partial charge in [0.1, 0.15) is 0 Å². The molecular formula is C20H24N2O2. The number of likely N-dealkylation sites (tertiary alicyclic amines) is 1. The van der Waals surface area contributed by atoms with E-state index in [2.05, 4.69) is 12.2 Å². The van der Waals surface area contributed by atoms with Crippen LogP contribution in [0.2, 0.25) is 0 Å². The summed E-state index contributed by atoms with van der Waals surface area (Å²) in [5.41, 5.74) is 2.02. The molecule has 0 unspecified atom stereocenters. The highest BCUT2D eigenvalue weighted by molar-refractivity contribution is 5.79. The summed E-state index contributed by atoms with van der Waals surface area (Å²) in [6.07, 6.45) is 1.35. The van der Waals surface area contributed by atoms with E-state index in [0.717, 1.165) is 17.7 Å². The molecule has 0 aromatic heterocycles. The highest BCUT2D eigenvalue weighted by atomic mass is 16.3. The summed E-state index contributed by atoms with van der Waals surface area (Å²) in [6, 6.07) is 19.7. The number of anilines is 1. The molecule has 1 aliphatic heterocycles. The molecule has 1 saturated heterocycles. The maximum Gasteiger partial charge on any atom is 0.223 e. The average Bonchev–Trinajstić information content (AvgIpc) is 2.99. The third-order valence-corrected chi connectivity index (χ3v) is 4.74. The van der Waals surface area contributed by atoms with Gasteiger partial charge in [-0.25, -0.2) is 0 Å². The van der Waals surface area contributed by atoms with Gasteiger partial charge in [-0.05, 0) is 31.0 Å². The number of para-hydroxylation sites is 1. The van der Waals surface area contributed by atoms with Crippen molar-refractivity contribution in [2.75, 3.05) is 11.9 Å². The van der Waals surface area contributed by atoms with Gasteiger partial charge in [-0.1, -0.05) is 48.5 Å². The molecule has 1 aliphatic rings. The number of rotatable bonds is 6. The van der Waals surface area contributed by atoms with Crippen molar-refractivity contribution in [3.63, 3.8) is 0 Å². The van der Waals surface area contributed by atoms with E-state index in [4.69, 9.17) is 0 Å². The molecule has 4 heteroatoms. The first-order valence-electron chi connectivity index (χ1n) is 8.49. The van der Waals surface area contributed by atoms with E-state index in [-0.39, 0.29) is 30.6 Å². The second-order valence-electron chi connectivity index (χ2n) is 6.32. The molecule has 126 valence electrons. The van der Waals surface area contributed by atoms with Crippen LogP contribution < -0.4 is 5.32 Å². The Morgan fingerprint density at radius 1 is 1.12 bits per heavy atom. The Hall–Kier alpha value is -2.33. The molecule has 2 N–H and O–H groups in total. The van der Waals surface area contributed by atoms with Gasteiger partial charge in [-0.3, -0.25) is 4.79 Å². The van der Waals surface area contributed by atoms with Gasteiger partial charge in [0.25, 0.3) is 0 Å². The van der Waals surface area contributed by atoms with Crippen molar-refractivity contribution in [2.45, 2.75) is 37.9 Å². The van der Waals surface area contributed by atoms with Gasteiger partial charge in [0.05, 0.1) is 18.7 Å². The number of nitrogens with zero attached hydrogens (tertiary/aromatic N) is 1. The van der Waals surface area contributed by atoms with Gasteiger partial charge in [0.15, 0.2) is 0 Å². The summed E-state index contributed by atoms with van der Waals surface area (Å²) in [5, 5.41) is 13.4. The molecule has 0 aliphatic carbocycles. The highest BCUT2D eigenvalue weighted by Gasteiger charge is 2.39. The molecule has 24 heavy (non-hydrogen) atoms. The molecular weight excluding hydrogens is 300 g/mol. The highest BCUT2D eigenvalue weighted by Crippen LogP contribution is 2.32. The fourth-order valence-corrected chi connectivity index (χ4v) is 3.54. The number of aliphatic hydroxyl groups excluding tert-OH is 1. The molecule has 2 aromatic carbocycles. The molecule has 0 radical (unpaired) electrons. The van der Waals surface area contributed by atoms with Gasteiger partial charge in [-0.15, -0.1) is 0 Å². The number of carbonyl (C=O) groups excluding carboxylic acids is 1. The Morgan fingerprint density at radius 3 is 2.38 bits per heavy atom. The number of nitrogens with one attached hydrogen (secondary N) is 1. The van der Waals surface area contributed by atoms with Crippen molar-refractivity contribution in [1.29, 1.82) is 0 Å². The van der Waals surface area contributed by atoms with E-state index < -0.39 is 0 Å². The number of hydrogen-bond donors (Lipinski definition) is 2. The molecule has 0 spiro atoms. The standard InChI is InChI=1S/C20H24N2O2/c1-15(21-17-10-6-3-7-11-17)18-12-13-20(24)22(18)19(14-23)16-8-4-2-5-9-16/h2-11,15,18-19,21,23H,12-14H2,1H3/t15-,18-,19-/m0/s1. The zero-order valence-electron chi connectivity index (χ0n) is 13.9. The van der Waals surface area contributed by atoms with Crippen LogP contribution in [0.25, 0.3) is 0 Å². The molecule has 3 rings (SSSR count). The molecule has 1 fully saturated rings. The largest absolute Gasteiger partial charge is 0.394 e. The third kappa shape index (κ3) is 3.44. The van der Waals surface area contributed by atoms with Crippen molar-refractivity contribution in [1.82, 2.24) is 4.90 Å². The van der Waals surface area contributed by atoms with Crippen LogP contribution in [-0.4, -0.2) is 34.6 Å². The van der Waals surface area contributed by atoms with Gasteiger partial charge in [-0.2, -0.15) is 0 Å². The van der Waals surface area contributed by atoms with Crippen molar-refractivity contribution in [3.8, 4) is 0 Å². The van der Waals surface area contributed by atoms with Gasteiger partial charge in [0.2, 0.25) is 5.91 Å². The Labute approximate surface area is 143 Å². The summed E-state index contributed by atoms with van der Waals surface area (Å²) >= 11 is 0. The fourth-order valence-electron chi connectivity index (χ4n) is 3.54. The minimum Gasteiger partial charge on any atom is -0.394 e. The molecule has 0 saturated carbocycles. The topological polar surface area (TPSA) is 52.6 Å². The minimum absolute atomic E-state index is 0.0649. The van der Waals surface area contributed by atoms with E-state index in [9.17, 15) is 9.90 Å². The molecule has 2 aromatic rings. The Kier molecular flexibility index (Phi) is 5.16. The van der Waals surface area contributed by atoms with E-state index in [1.807, 2.05) is 65.6 Å². The number of carbonyl (C=O) groups is 1. The Bertz CT molecular complexity index is 660. The lowest BCUT2D eigenvalue weighted by Crippen LogP contribution is -2.46. The van der Waals surface area contributed by atoms with Crippen molar-refractivity contribution >= 4 is 11.6 Å². The number of benzene rings is 2. The van der Waals surface area contributed by atoms with Crippen LogP contribution >= 0.6 is 0 Å². The number of amides is 1. The molecule has 4 nitrogen and oxygen atoms in total. The summed E-state index contributed by atoms with van der Waals surface area (Å²) in [7, 11) is 0. The Morgan fingerprint density at radius 2 is 1.75 bits per heavy atom. The van der Waals surface area contributed by atoms with E-state index in [1.54, 1.807) is 0 Å². The van der Waals surface area contributed by atoms with E-state index in [0.29, 0.717) is 6.42 Å². The first kappa shape index (κ1) is 16.5. The van der Waals surface area contributed by atoms with E-state index in [1.165, 1.54) is 0 Å². The SMILES string of the molecule is C[C@H](Nc1ccccc1)[C@@H]1CCC(=O)N1[C@@H](CO)c1ccccc1. The van der Waals surface area contributed by atoms with Gasteiger partial charge < -0.3 is 15.3 Å². The second-order valence-corrected chi connectivity index (χ2v) is 6.32. The summed E-state index contributed by atoms with van der Waals surface area (Å²) in [5.74, 6) is 0.115. The van der Waals surface area contributed by atoms with Gasteiger partial charge in [0, 0.05) is 18.2 Å². The van der Waals surface area contributed by atoms with Gasteiger partial charge >= 0.3 is 0 Å². The molecule has 1 amide bonds. The predicted molar refractivity (Wildman–Crippen MR) is 95.7 cm³/mol.